The molecule has 26 valence electrons. The molecule has 3 heteroatoms. The van der Waals surface area contributed by atoms with Crippen molar-refractivity contribution in [1.82, 2.24) is 0 Å². The van der Waals surface area contributed by atoms with Crippen molar-refractivity contribution in [3.8, 4) is 0 Å². The van der Waals surface area contributed by atoms with Crippen LogP contribution in [-0.2, 0) is 22.1 Å². The fourth-order valence-electron chi connectivity index (χ4n) is 0. The van der Waals surface area contributed by atoms with Crippen molar-refractivity contribution < 1.29 is 22.1 Å². The zero-order valence-electron chi connectivity index (χ0n) is 2.67. The van der Waals surface area contributed by atoms with Gasteiger partial charge in [-0.2, -0.15) is 0 Å². The standard InChI is InChI=1S/C2H2Cl.BrH.Hg/c1-2-3;;/h1H2;1H;/q;;+1/p-1. The maximum absolute atomic E-state index is 5.32. The van der Waals surface area contributed by atoms with Crippen molar-refractivity contribution in [2.24, 2.45) is 0 Å². The summed E-state index contributed by atoms with van der Waals surface area (Å²) in [6.45, 7) is 3.49. The molecule has 0 bridgehead atoms. The number of hydrogen-bond acceptors (Lipinski definition) is 0. The fraction of sp³-hybridized carbons (Fsp3) is 0. The molecule has 0 atom stereocenters. The monoisotopic (exact) mass is 342 g/mol. The molecule has 0 saturated carbocycles. The van der Waals surface area contributed by atoms with Crippen LogP contribution in [0.5, 0.6) is 0 Å². The molecule has 0 rings (SSSR count). The van der Waals surface area contributed by atoms with Gasteiger partial charge in [0.25, 0.3) is 0 Å². The van der Waals surface area contributed by atoms with Crippen LogP contribution in [0.2, 0.25) is 0 Å². The summed E-state index contributed by atoms with van der Waals surface area (Å²) in [5.74, 6) is 0. The van der Waals surface area contributed by atoms with E-state index in [1.807, 2.05) is 0 Å². The molecule has 0 spiro atoms. The molecular formula is C2H2BrClHg. The van der Waals surface area contributed by atoms with Gasteiger partial charge in [0.05, 0.1) is 0 Å². The van der Waals surface area contributed by atoms with Crippen LogP contribution >= 0.6 is 23.5 Å². The summed E-state index contributed by atoms with van der Waals surface area (Å²) in [6.07, 6.45) is 0. The van der Waals surface area contributed by atoms with E-state index in [9.17, 15) is 0 Å². The second kappa shape index (κ2) is 3.63. The van der Waals surface area contributed by atoms with E-state index in [0.717, 1.165) is 2.54 Å². The molecule has 0 unspecified atom stereocenters. The van der Waals surface area contributed by atoms with Gasteiger partial charge in [-0.05, 0) is 0 Å². The maximum atomic E-state index is 5.32. The molecule has 0 fully saturated rings. The number of halogens is 2. The molecule has 0 saturated heterocycles. The fourth-order valence-corrected chi connectivity index (χ4v) is 0. The summed E-state index contributed by atoms with van der Waals surface area (Å²) in [5.41, 5.74) is 0. The second-order valence-electron chi connectivity index (χ2n) is 0.651. The van der Waals surface area contributed by atoms with Gasteiger partial charge in [-0.3, -0.25) is 0 Å². The molecular weight excluding hydrogens is 340 g/mol. The molecule has 0 heterocycles. The summed E-state index contributed by atoms with van der Waals surface area (Å²) in [7, 11) is 0. The van der Waals surface area contributed by atoms with Crippen LogP contribution in [0.25, 0.3) is 0 Å². The van der Waals surface area contributed by atoms with E-state index in [4.69, 9.17) is 11.6 Å². The molecule has 0 N–H and O–H groups in total. The molecule has 0 radical (unpaired) electrons. The SMILES string of the molecule is C=[C](Cl)[Hg][Br]. The van der Waals surface area contributed by atoms with Crippen molar-refractivity contribution in [3.63, 3.8) is 0 Å². The van der Waals surface area contributed by atoms with E-state index in [2.05, 4.69) is 18.5 Å². The van der Waals surface area contributed by atoms with Gasteiger partial charge < -0.3 is 0 Å². The zero-order chi connectivity index (χ0) is 4.28. The van der Waals surface area contributed by atoms with Crippen molar-refractivity contribution in [3.05, 3.63) is 9.12 Å². The second-order valence-corrected chi connectivity index (χ2v) is 12.2. The minimum absolute atomic E-state index is 0.842. The quantitative estimate of drug-likeness (QED) is 0.641. The Morgan fingerprint density at radius 2 is 2.20 bits per heavy atom. The van der Waals surface area contributed by atoms with Crippen molar-refractivity contribution in [2.45, 2.75) is 0 Å². The Labute approximate surface area is 54.3 Å². The Balaban J connectivity index is 2.85. The third-order valence-corrected chi connectivity index (χ3v) is 11.2. The van der Waals surface area contributed by atoms with Gasteiger partial charge in [0, 0.05) is 0 Å². The number of hydrogen-bond donors (Lipinski definition) is 0. The average Bonchev–Trinajstić information content (AvgIpc) is 1.38. The molecule has 0 aromatic heterocycles. The first-order valence-corrected chi connectivity index (χ1v) is 16.2. The molecule has 5 heavy (non-hydrogen) atoms. The summed E-state index contributed by atoms with van der Waals surface area (Å²) >= 11 is 7.78. The summed E-state index contributed by atoms with van der Waals surface area (Å²) < 4.78 is 0.866. The molecule has 0 aliphatic carbocycles. The minimum atomic E-state index is -0.842. The topological polar surface area (TPSA) is 0 Å². The van der Waals surface area contributed by atoms with Gasteiger partial charge in [-0.15, -0.1) is 0 Å². The van der Waals surface area contributed by atoms with E-state index in [0.29, 0.717) is 0 Å². The van der Waals surface area contributed by atoms with Crippen LogP contribution in [-0.4, -0.2) is 0 Å². The first-order valence-electron chi connectivity index (χ1n) is 1.16. The predicted octanol–water partition coefficient (Wildman–Crippen LogP) is 2.09. The van der Waals surface area contributed by atoms with Gasteiger partial charge in [0.2, 0.25) is 0 Å². The van der Waals surface area contributed by atoms with Crippen LogP contribution in [0.15, 0.2) is 9.12 Å². The summed E-state index contributed by atoms with van der Waals surface area (Å²) in [4.78, 5) is 0. The molecule has 0 amide bonds. The summed E-state index contributed by atoms with van der Waals surface area (Å²) in [5, 5.41) is 0. The van der Waals surface area contributed by atoms with E-state index in [-0.39, 0.29) is 0 Å². The van der Waals surface area contributed by atoms with Gasteiger partial charge in [0.1, 0.15) is 0 Å². The van der Waals surface area contributed by atoms with Gasteiger partial charge in [-0.25, -0.2) is 0 Å². The van der Waals surface area contributed by atoms with Crippen LogP contribution in [0, 0.1) is 0 Å². The van der Waals surface area contributed by atoms with E-state index in [1.165, 1.54) is 0 Å². The van der Waals surface area contributed by atoms with E-state index >= 15 is 0 Å². The van der Waals surface area contributed by atoms with Gasteiger partial charge in [0.15, 0.2) is 0 Å². The Bertz CT molecular complexity index is 44.9. The third-order valence-electron chi connectivity index (χ3n) is 0.145. The Morgan fingerprint density at radius 1 is 2.00 bits per heavy atom. The molecule has 0 aliphatic heterocycles. The Morgan fingerprint density at radius 3 is 2.20 bits per heavy atom. The first kappa shape index (κ1) is 6.45. The van der Waals surface area contributed by atoms with Crippen molar-refractivity contribution >= 4 is 23.5 Å². The van der Waals surface area contributed by atoms with Crippen molar-refractivity contribution in [1.29, 1.82) is 0 Å². The van der Waals surface area contributed by atoms with Crippen LogP contribution in [0.1, 0.15) is 0 Å². The first-order chi connectivity index (χ1) is 2.27. The normalized spacial score (nSPS) is 6.00. The average molecular weight is 342 g/mol. The molecule has 0 aliphatic rings. The van der Waals surface area contributed by atoms with Gasteiger partial charge >= 0.3 is 54.8 Å². The van der Waals surface area contributed by atoms with Crippen LogP contribution < -0.4 is 0 Å². The Hall–Kier alpha value is 1.45. The van der Waals surface area contributed by atoms with E-state index in [1.54, 1.807) is 0 Å². The van der Waals surface area contributed by atoms with Crippen LogP contribution in [0.4, 0.5) is 0 Å². The molecule has 0 aromatic rings. The van der Waals surface area contributed by atoms with Gasteiger partial charge in [-0.1, -0.05) is 0 Å². The Kier molecular flexibility index (Phi) is 4.68. The zero-order valence-corrected chi connectivity index (χ0v) is 10.5. The predicted molar refractivity (Wildman–Crippen MR) is 23.9 cm³/mol. The summed E-state index contributed by atoms with van der Waals surface area (Å²) in [6, 6.07) is 0. The molecule has 0 nitrogen and oxygen atoms in total. The number of rotatable bonds is 1. The van der Waals surface area contributed by atoms with Crippen LogP contribution in [0.3, 0.4) is 0 Å². The van der Waals surface area contributed by atoms with E-state index < -0.39 is 22.1 Å². The molecule has 0 aromatic carbocycles. The third kappa shape index (κ3) is 5.45. The van der Waals surface area contributed by atoms with Crippen molar-refractivity contribution in [2.75, 3.05) is 0 Å².